The molecule has 0 spiro atoms. The van der Waals surface area contributed by atoms with Gasteiger partial charge in [-0.15, -0.1) is 5.10 Å². The molecule has 0 aliphatic carbocycles. The molecule has 1 atom stereocenters. The average Bonchev–Trinajstić information content (AvgIpc) is 2.72. The van der Waals surface area contributed by atoms with Gasteiger partial charge in [0.25, 0.3) is 0 Å². The Morgan fingerprint density at radius 1 is 1.40 bits per heavy atom. The smallest absolute Gasteiger partial charge is 0.240 e. The van der Waals surface area contributed by atoms with Crippen LogP contribution in [0.3, 0.4) is 0 Å². The second-order valence-corrected chi connectivity index (χ2v) is 5.91. The second-order valence-electron chi connectivity index (χ2n) is 3.86. The molecule has 5 nitrogen and oxygen atoms in total. The molecule has 0 aromatic heterocycles. The Kier molecular flexibility index (Phi) is 5.17. The monoisotopic (exact) mass is 329 g/mol. The number of carbonyl (C=O) groups is 2. The molecule has 1 aliphatic rings. The van der Waals surface area contributed by atoms with Crippen molar-refractivity contribution in [3.8, 4) is 0 Å². The van der Waals surface area contributed by atoms with Gasteiger partial charge in [0.2, 0.25) is 11.1 Å². The number of rotatable bonds is 4. The Morgan fingerprint density at radius 3 is 2.75 bits per heavy atom. The number of carbonyl (C=O) groups excluding carboxylic acids is 2. The van der Waals surface area contributed by atoms with Crippen molar-refractivity contribution >= 4 is 57.5 Å². The molecule has 0 saturated carbocycles. The van der Waals surface area contributed by atoms with Gasteiger partial charge in [-0.05, 0) is 29.3 Å². The minimum absolute atomic E-state index is 0.0298. The van der Waals surface area contributed by atoms with Crippen molar-refractivity contribution < 1.29 is 9.59 Å². The van der Waals surface area contributed by atoms with Crippen molar-refractivity contribution in [1.29, 1.82) is 0 Å². The standard InChI is InChI=1S/C12H9Cl2N3O2S/c13-8-3-1-7(2-4-8)6-15-17-12-16-11(19)9(20-12)5-10(14)18/h1-4,6,9H,5H2,(H,16,17,19). The molecule has 1 heterocycles. The van der Waals surface area contributed by atoms with Crippen molar-refractivity contribution in [2.24, 2.45) is 10.2 Å². The molecule has 1 aromatic rings. The van der Waals surface area contributed by atoms with E-state index in [2.05, 4.69) is 15.5 Å². The van der Waals surface area contributed by atoms with Crippen molar-refractivity contribution in [3.05, 3.63) is 34.9 Å². The van der Waals surface area contributed by atoms with Gasteiger partial charge in [0.05, 0.1) is 11.5 Å². The van der Waals surface area contributed by atoms with E-state index in [1.54, 1.807) is 24.3 Å². The van der Waals surface area contributed by atoms with E-state index in [0.717, 1.165) is 17.3 Å². The maximum Gasteiger partial charge on any atom is 0.240 e. The molecular formula is C12H9Cl2N3O2S. The van der Waals surface area contributed by atoms with Crippen LogP contribution in [-0.2, 0) is 9.59 Å². The molecular weight excluding hydrogens is 321 g/mol. The normalized spacial score (nSPS) is 20.6. The van der Waals surface area contributed by atoms with E-state index in [0.29, 0.717) is 10.2 Å². The van der Waals surface area contributed by atoms with Crippen LogP contribution < -0.4 is 5.32 Å². The predicted molar refractivity (Wildman–Crippen MR) is 81.5 cm³/mol. The number of hydrogen-bond donors (Lipinski definition) is 1. The van der Waals surface area contributed by atoms with E-state index in [4.69, 9.17) is 23.2 Å². The number of nitrogens with zero attached hydrogens (tertiary/aromatic N) is 2. The van der Waals surface area contributed by atoms with Gasteiger partial charge in [0.15, 0.2) is 5.17 Å². The quantitative estimate of drug-likeness (QED) is 0.524. The van der Waals surface area contributed by atoms with Gasteiger partial charge in [-0.3, -0.25) is 9.59 Å². The summed E-state index contributed by atoms with van der Waals surface area (Å²) in [5, 5.41) is 10.2. The first kappa shape index (κ1) is 15.0. The number of benzene rings is 1. The molecule has 1 aromatic carbocycles. The van der Waals surface area contributed by atoms with Gasteiger partial charge >= 0.3 is 0 Å². The second kappa shape index (κ2) is 6.88. The number of amides is 1. The Bertz CT molecular complexity index is 587. The topological polar surface area (TPSA) is 70.9 Å². The Labute approximate surface area is 129 Å². The molecule has 20 heavy (non-hydrogen) atoms. The lowest BCUT2D eigenvalue weighted by atomic mass is 10.2. The molecule has 0 radical (unpaired) electrons. The van der Waals surface area contributed by atoms with E-state index in [1.165, 1.54) is 6.21 Å². The lowest BCUT2D eigenvalue weighted by molar-refractivity contribution is -0.121. The summed E-state index contributed by atoms with van der Waals surface area (Å²) in [4.78, 5) is 22.3. The number of nitrogens with one attached hydrogen (secondary N) is 1. The van der Waals surface area contributed by atoms with Crippen LogP contribution in [0.5, 0.6) is 0 Å². The molecule has 2 rings (SSSR count). The lowest BCUT2D eigenvalue weighted by Gasteiger charge is -1.97. The largest absolute Gasteiger partial charge is 0.303 e. The zero-order valence-electron chi connectivity index (χ0n) is 10.0. The van der Waals surface area contributed by atoms with E-state index in [1.807, 2.05) is 0 Å². The first-order valence-electron chi connectivity index (χ1n) is 5.57. The Hall–Kier alpha value is -1.37. The highest BCUT2D eigenvalue weighted by atomic mass is 35.5. The van der Waals surface area contributed by atoms with Crippen molar-refractivity contribution in [2.45, 2.75) is 11.7 Å². The highest BCUT2D eigenvalue weighted by Crippen LogP contribution is 2.23. The molecule has 8 heteroatoms. The maximum absolute atomic E-state index is 11.5. The van der Waals surface area contributed by atoms with E-state index in [9.17, 15) is 9.59 Å². The maximum atomic E-state index is 11.5. The lowest BCUT2D eigenvalue weighted by Crippen LogP contribution is -2.25. The van der Waals surface area contributed by atoms with Gasteiger partial charge in [-0.1, -0.05) is 35.5 Å². The number of thioether (sulfide) groups is 1. The number of hydrogen-bond acceptors (Lipinski definition) is 5. The van der Waals surface area contributed by atoms with Crippen LogP contribution >= 0.6 is 35.0 Å². The minimum Gasteiger partial charge on any atom is -0.303 e. The van der Waals surface area contributed by atoms with Crippen LogP contribution in [0, 0.1) is 0 Å². The van der Waals surface area contributed by atoms with E-state index in [-0.39, 0.29) is 12.3 Å². The van der Waals surface area contributed by atoms with Gasteiger partial charge in [-0.2, -0.15) is 5.10 Å². The summed E-state index contributed by atoms with van der Waals surface area (Å²) in [7, 11) is 0. The Balaban J connectivity index is 1.97. The molecule has 1 aliphatic heterocycles. The van der Waals surface area contributed by atoms with Crippen molar-refractivity contribution in [2.75, 3.05) is 0 Å². The fourth-order valence-corrected chi connectivity index (χ4v) is 2.72. The average molecular weight is 330 g/mol. The van der Waals surface area contributed by atoms with Crippen LogP contribution in [0.4, 0.5) is 0 Å². The van der Waals surface area contributed by atoms with Gasteiger partial charge in [-0.25, -0.2) is 0 Å². The van der Waals surface area contributed by atoms with E-state index >= 15 is 0 Å². The third-order valence-corrected chi connectivity index (χ3v) is 3.83. The number of amidine groups is 1. The predicted octanol–water partition coefficient (Wildman–Crippen LogP) is 2.42. The summed E-state index contributed by atoms with van der Waals surface area (Å²) in [6.45, 7) is 0. The van der Waals surface area contributed by atoms with Gasteiger partial charge < -0.3 is 5.32 Å². The van der Waals surface area contributed by atoms with Crippen LogP contribution in [0.25, 0.3) is 0 Å². The first-order chi connectivity index (χ1) is 9.54. The molecule has 1 fully saturated rings. The summed E-state index contributed by atoms with van der Waals surface area (Å²) in [5.41, 5.74) is 0.834. The SMILES string of the molecule is O=C(Cl)CC1SC(=NN=Cc2ccc(Cl)cc2)NC1=O. The summed E-state index contributed by atoms with van der Waals surface area (Å²) in [5.74, 6) is -0.288. The van der Waals surface area contributed by atoms with Crippen molar-refractivity contribution in [3.63, 3.8) is 0 Å². The molecule has 0 bridgehead atoms. The van der Waals surface area contributed by atoms with Crippen LogP contribution in [0.15, 0.2) is 34.5 Å². The summed E-state index contributed by atoms with van der Waals surface area (Å²) in [6, 6.07) is 7.07. The molecule has 104 valence electrons. The number of halogens is 2. The summed E-state index contributed by atoms with van der Waals surface area (Å²) in [6.07, 6.45) is 1.51. The zero-order valence-corrected chi connectivity index (χ0v) is 12.4. The molecule has 1 N–H and O–H groups in total. The van der Waals surface area contributed by atoms with Gasteiger partial charge in [0.1, 0.15) is 0 Å². The third-order valence-electron chi connectivity index (χ3n) is 2.35. The van der Waals surface area contributed by atoms with Gasteiger partial charge in [0, 0.05) is 11.4 Å². The fourth-order valence-electron chi connectivity index (χ4n) is 1.43. The van der Waals surface area contributed by atoms with E-state index < -0.39 is 10.5 Å². The fraction of sp³-hybridized carbons (Fsp3) is 0.167. The van der Waals surface area contributed by atoms with Crippen LogP contribution in [0.2, 0.25) is 5.02 Å². The molecule has 1 saturated heterocycles. The summed E-state index contributed by atoms with van der Waals surface area (Å²) < 4.78 is 0. The minimum atomic E-state index is -0.552. The first-order valence-corrected chi connectivity index (χ1v) is 7.20. The zero-order chi connectivity index (χ0) is 14.5. The van der Waals surface area contributed by atoms with Crippen molar-refractivity contribution in [1.82, 2.24) is 5.32 Å². The van der Waals surface area contributed by atoms with Crippen LogP contribution in [0.1, 0.15) is 12.0 Å². The highest BCUT2D eigenvalue weighted by Gasteiger charge is 2.31. The third kappa shape index (κ3) is 4.33. The highest BCUT2D eigenvalue weighted by molar-refractivity contribution is 8.15. The molecule has 1 unspecified atom stereocenters. The summed E-state index contributed by atoms with van der Waals surface area (Å²) >= 11 is 12.2. The molecule has 1 amide bonds. The van der Waals surface area contributed by atoms with Crippen LogP contribution in [-0.4, -0.2) is 27.8 Å². The Morgan fingerprint density at radius 2 is 2.10 bits per heavy atom.